The summed E-state index contributed by atoms with van der Waals surface area (Å²) in [6, 6.07) is 0.843. The van der Waals surface area contributed by atoms with Gasteiger partial charge in [-0.05, 0) is 37.6 Å². The lowest BCUT2D eigenvalue weighted by Gasteiger charge is -2.49. The molecule has 2 aliphatic carbocycles. The summed E-state index contributed by atoms with van der Waals surface area (Å²) in [5.41, 5.74) is 6.84. The number of nitrogens with zero attached hydrogens (tertiary/aromatic N) is 1. The second-order valence-electron chi connectivity index (χ2n) is 5.99. The van der Waals surface area contributed by atoms with E-state index >= 15 is 0 Å². The van der Waals surface area contributed by atoms with Crippen molar-refractivity contribution in [1.29, 1.82) is 0 Å². The fourth-order valence-corrected chi connectivity index (χ4v) is 3.72. The first-order valence-corrected chi connectivity index (χ1v) is 6.54. The Morgan fingerprint density at radius 1 is 1.27 bits per heavy atom. The Hall–Kier alpha value is -0.0800. The molecule has 0 aromatic heterocycles. The Kier molecular flexibility index (Phi) is 2.85. The van der Waals surface area contributed by atoms with Crippen LogP contribution >= 0.6 is 0 Å². The third-order valence-corrected chi connectivity index (χ3v) is 4.87. The van der Waals surface area contributed by atoms with E-state index in [4.69, 9.17) is 5.73 Å². The van der Waals surface area contributed by atoms with Crippen molar-refractivity contribution in [2.75, 3.05) is 13.1 Å². The van der Waals surface area contributed by atoms with E-state index in [2.05, 4.69) is 25.7 Å². The van der Waals surface area contributed by atoms with Crippen LogP contribution < -0.4 is 5.73 Å². The van der Waals surface area contributed by atoms with Crippen LogP contribution in [0.15, 0.2) is 0 Å². The number of hydrogen-bond donors (Lipinski definition) is 1. The van der Waals surface area contributed by atoms with Gasteiger partial charge in [0.2, 0.25) is 0 Å². The molecular weight excluding hydrogens is 184 g/mol. The summed E-state index contributed by atoms with van der Waals surface area (Å²) in [6.45, 7) is 9.13. The van der Waals surface area contributed by atoms with Crippen molar-refractivity contribution < 1.29 is 0 Å². The lowest BCUT2D eigenvalue weighted by molar-refractivity contribution is 0.00986. The summed E-state index contributed by atoms with van der Waals surface area (Å²) >= 11 is 0. The molecule has 0 saturated heterocycles. The molecular formula is C13H26N2. The Morgan fingerprint density at radius 2 is 1.93 bits per heavy atom. The molecule has 0 aromatic rings. The smallest absolute Gasteiger partial charge is 0.0385 e. The van der Waals surface area contributed by atoms with Crippen molar-refractivity contribution in [3.05, 3.63) is 0 Å². The van der Waals surface area contributed by atoms with Gasteiger partial charge < -0.3 is 5.73 Å². The topological polar surface area (TPSA) is 29.3 Å². The van der Waals surface area contributed by atoms with E-state index in [0.29, 0.717) is 11.0 Å². The van der Waals surface area contributed by atoms with Crippen molar-refractivity contribution in [2.45, 2.75) is 64.5 Å². The van der Waals surface area contributed by atoms with E-state index in [1.807, 2.05) is 0 Å². The zero-order chi connectivity index (χ0) is 11.1. The van der Waals surface area contributed by atoms with E-state index in [0.717, 1.165) is 12.6 Å². The minimum absolute atomic E-state index is 0.295. The second kappa shape index (κ2) is 3.74. The number of hydrogen-bond acceptors (Lipinski definition) is 2. The van der Waals surface area contributed by atoms with Crippen molar-refractivity contribution in [2.24, 2.45) is 11.1 Å². The highest BCUT2D eigenvalue weighted by atomic mass is 15.3. The van der Waals surface area contributed by atoms with Crippen molar-refractivity contribution in [3.63, 3.8) is 0 Å². The van der Waals surface area contributed by atoms with Crippen LogP contribution in [0, 0.1) is 5.41 Å². The quantitative estimate of drug-likeness (QED) is 0.772. The van der Waals surface area contributed by atoms with Crippen LogP contribution in [0.4, 0.5) is 0 Å². The van der Waals surface area contributed by atoms with Crippen LogP contribution in [0.5, 0.6) is 0 Å². The average Bonchev–Trinajstić information content (AvgIpc) is 2.95. The van der Waals surface area contributed by atoms with Gasteiger partial charge in [-0.15, -0.1) is 0 Å². The molecule has 2 fully saturated rings. The fourth-order valence-electron chi connectivity index (χ4n) is 3.72. The summed E-state index contributed by atoms with van der Waals surface area (Å²) in [5, 5.41) is 0. The van der Waals surface area contributed by atoms with Crippen molar-refractivity contribution in [1.82, 2.24) is 4.90 Å². The molecule has 2 rings (SSSR count). The van der Waals surface area contributed by atoms with Crippen LogP contribution in [0.2, 0.25) is 0 Å². The largest absolute Gasteiger partial charge is 0.329 e. The standard InChI is InChI=1S/C13H26N2/c1-4-15(11-6-7-11)13(10-14)9-5-8-12(13,2)3/h11H,4-10,14H2,1-3H3. The predicted octanol–water partition coefficient (Wildman–Crippen LogP) is 2.38. The highest BCUT2D eigenvalue weighted by Gasteiger charge is 2.54. The van der Waals surface area contributed by atoms with E-state index in [9.17, 15) is 0 Å². The van der Waals surface area contributed by atoms with Crippen LogP contribution in [0.3, 0.4) is 0 Å². The lowest BCUT2D eigenvalue weighted by atomic mass is 9.73. The molecule has 2 heteroatoms. The van der Waals surface area contributed by atoms with Gasteiger partial charge in [0.15, 0.2) is 0 Å². The third-order valence-electron chi connectivity index (χ3n) is 4.87. The van der Waals surface area contributed by atoms with Crippen LogP contribution in [-0.2, 0) is 0 Å². The monoisotopic (exact) mass is 210 g/mol. The van der Waals surface area contributed by atoms with E-state index in [1.54, 1.807) is 0 Å². The van der Waals surface area contributed by atoms with Crippen LogP contribution in [-0.4, -0.2) is 29.6 Å². The number of nitrogens with two attached hydrogens (primary N) is 1. The molecule has 1 unspecified atom stereocenters. The summed E-state index contributed by atoms with van der Waals surface area (Å²) in [4.78, 5) is 2.72. The fraction of sp³-hybridized carbons (Fsp3) is 1.00. The number of rotatable bonds is 4. The van der Waals surface area contributed by atoms with Crippen LogP contribution in [0.1, 0.15) is 52.9 Å². The average molecular weight is 210 g/mol. The maximum Gasteiger partial charge on any atom is 0.0385 e. The maximum atomic E-state index is 6.14. The predicted molar refractivity (Wildman–Crippen MR) is 64.8 cm³/mol. The zero-order valence-corrected chi connectivity index (χ0v) is 10.6. The summed E-state index contributed by atoms with van der Waals surface area (Å²) in [5.74, 6) is 0. The molecule has 2 aliphatic rings. The van der Waals surface area contributed by atoms with E-state index in [-0.39, 0.29) is 0 Å². The first kappa shape index (κ1) is 11.4. The van der Waals surface area contributed by atoms with Gasteiger partial charge in [-0.1, -0.05) is 27.2 Å². The Morgan fingerprint density at radius 3 is 2.27 bits per heavy atom. The molecule has 0 bridgehead atoms. The zero-order valence-electron chi connectivity index (χ0n) is 10.6. The van der Waals surface area contributed by atoms with Crippen molar-refractivity contribution in [3.8, 4) is 0 Å². The summed E-state index contributed by atoms with van der Waals surface area (Å²) in [6.07, 6.45) is 6.79. The molecule has 0 heterocycles. The Bertz CT molecular complexity index is 233. The van der Waals surface area contributed by atoms with Gasteiger partial charge in [-0.25, -0.2) is 0 Å². The minimum Gasteiger partial charge on any atom is -0.329 e. The summed E-state index contributed by atoms with van der Waals surface area (Å²) in [7, 11) is 0. The van der Waals surface area contributed by atoms with Crippen LogP contribution in [0.25, 0.3) is 0 Å². The molecule has 2 N–H and O–H groups in total. The highest BCUT2D eigenvalue weighted by Crippen LogP contribution is 2.51. The van der Waals surface area contributed by atoms with Gasteiger partial charge in [-0.3, -0.25) is 4.90 Å². The molecule has 0 spiro atoms. The summed E-state index contributed by atoms with van der Waals surface area (Å²) < 4.78 is 0. The molecule has 2 saturated carbocycles. The Balaban J connectivity index is 2.25. The maximum absolute atomic E-state index is 6.14. The molecule has 0 amide bonds. The molecule has 15 heavy (non-hydrogen) atoms. The minimum atomic E-state index is 0.295. The third kappa shape index (κ3) is 1.62. The lowest BCUT2D eigenvalue weighted by Crippen LogP contribution is -2.60. The molecule has 0 radical (unpaired) electrons. The van der Waals surface area contributed by atoms with Gasteiger partial charge in [0.25, 0.3) is 0 Å². The molecule has 88 valence electrons. The van der Waals surface area contributed by atoms with Gasteiger partial charge in [0.1, 0.15) is 0 Å². The first-order chi connectivity index (χ1) is 7.07. The molecule has 0 aliphatic heterocycles. The number of likely N-dealkylation sites (N-methyl/N-ethyl adjacent to an activating group) is 1. The first-order valence-electron chi connectivity index (χ1n) is 6.54. The molecule has 0 aromatic carbocycles. The van der Waals surface area contributed by atoms with Gasteiger partial charge in [0.05, 0.1) is 0 Å². The van der Waals surface area contributed by atoms with Gasteiger partial charge in [0, 0.05) is 18.1 Å². The normalized spacial score (nSPS) is 35.0. The van der Waals surface area contributed by atoms with E-state index in [1.165, 1.54) is 38.6 Å². The second-order valence-corrected chi connectivity index (χ2v) is 5.99. The van der Waals surface area contributed by atoms with Gasteiger partial charge >= 0.3 is 0 Å². The molecule has 2 nitrogen and oxygen atoms in total. The SMILES string of the molecule is CCN(C1CC1)C1(CN)CCCC1(C)C. The van der Waals surface area contributed by atoms with Crippen molar-refractivity contribution >= 4 is 0 Å². The van der Waals surface area contributed by atoms with Gasteiger partial charge in [-0.2, -0.15) is 0 Å². The Labute approximate surface area is 94.2 Å². The molecule has 1 atom stereocenters. The van der Waals surface area contributed by atoms with E-state index < -0.39 is 0 Å². The highest BCUT2D eigenvalue weighted by molar-refractivity contribution is 5.10.